The number of ether oxygens (including phenoxy) is 2. The third-order valence-corrected chi connectivity index (χ3v) is 11.2. The standard InChI is InChI=1S/C33H40N2O6Si/c1-22-32(40-2)28-17-26(35(21-37)25-12-6-5-7-13-25)14-15-29(28)41-33(22)30(42(3,4)39)18-31(38)34-19-24-11-9-8-10-23(24)16-27(34)20-36/h5-15,17,21-22,27,30,32-33,36,39H,16,18-20H2,1-4H3/t22-,27+,30?,32-,33-/m1/s1. The molecule has 2 amide bonds. The zero-order valence-corrected chi connectivity index (χ0v) is 25.6. The predicted octanol–water partition coefficient (Wildman–Crippen LogP) is 4.97. The minimum Gasteiger partial charge on any atom is -0.490 e. The van der Waals surface area contributed by atoms with Gasteiger partial charge in [0.2, 0.25) is 12.3 Å². The fourth-order valence-electron chi connectivity index (χ4n) is 6.49. The molecule has 0 radical (unpaired) electrons. The molecule has 0 saturated carbocycles. The number of rotatable bonds is 9. The predicted molar refractivity (Wildman–Crippen MR) is 164 cm³/mol. The number of anilines is 2. The molecule has 222 valence electrons. The first kappa shape index (κ1) is 30.0. The molecule has 0 spiro atoms. The summed E-state index contributed by atoms with van der Waals surface area (Å²) in [6, 6.07) is 22.7. The van der Waals surface area contributed by atoms with Gasteiger partial charge in [0.1, 0.15) is 11.9 Å². The van der Waals surface area contributed by atoms with Crippen LogP contribution in [0.3, 0.4) is 0 Å². The Kier molecular flexibility index (Phi) is 8.84. The van der Waals surface area contributed by atoms with Gasteiger partial charge >= 0.3 is 0 Å². The first-order valence-electron chi connectivity index (χ1n) is 14.5. The fourth-order valence-corrected chi connectivity index (χ4v) is 8.34. The summed E-state index contributed by atoms with van der Waals surface area (Å²) in [5, 5.41) is 10.1. The number of benzene rings is 3. The minimum atomic E-state index is -2.93. The van der Waals surface area contributed by atoms with Crippen molar-refractivity contribution in [2.24, 2.45) is 5.92 Å². The van der Waals surface area contributed by atoms with Crippen LogP contribution in [-0.2, 0) is 27.3 Å². The van der Waals surface area contributed by atoms with Gasteiger partial charge in [0.05, 0.1) is 18.8 Å². The van der Waals surface area contributed by atoms with Crippen molar-refractivity contribution in [1.29, 1.82) is 0 Å². The second-order valence-electron chi connectivity index (χ2n) is 11.9. The number of amides is 2. The number of nitrogens with zero attached hydrogens (tertiary/aromatic N) is 2. The zero-order valence-electron chi connectivity index (χ0n) is 24.6. The van der Waals surface area contributed by atoms with Gasteiger partial charge in [-0.1, -0.05) is 49.4 Å². The molecule has 3 aromatic rings. The Hall–Kier alpha value is -3.50. The number of para-hydroxylation sites is 1. The summed E-state index contributed by atoms with van der Waals surface area (Å²) >= 11 is 0. The normalized spacial score (nSPS) is 22.4. The third-order valence-electron chi connectivity index (χ3n) is 8.82. The molecule has 0 saturated heterocycles. The SMILES string of the molecule is CO[C@H]1c2cc(N(C=O)c3ccccc3)ccc2O[C@@H](C(CC(=O)N2Cc3ccccc3C[C@H]2CO)[Si](C)(C)O)[C@@H]1C. The van der Waals surface area contributed by atoms with E-state index in [1.54, 1.807) is 16.9 Å². The molecule has 2 aliphatic heterocycles. The molecule has 0 aliphatic carbocycles. The fraction of sp³-hybridized carbons (Fsp3) is 0.394. The van der Waals surface area contributed by atoms with Gasteiger partial charge < -0.3 is 24.3 Å². The first-order valence-corrected chi connectivity index (χ1v) is 17.5. The summed E-state index contributed by atoms with van der Waals surface area (Å²) < 4.78 is 12.6. The van der Waals surface area contributed by atoms with Gasteiger partial charge in [-0.3, -0.25) is 14.5 Å². The van der Waals surface area contributed by atoms with Crippen LogP contribution in [-0.4, -0.2) is 61.3 Å². The molecular weight excluding hydrogens is 548 g/mol. The van der Waals surface area contributed by atoms with Gasteiger partial charge in [-0.15, -0.1) is 0 Å². The number of hydrogen-bond acceptors (Lipinski definition) is 6. The first-order chi connectivity index (χ1) is 20.2. The van der Waals surface area contributed by atoms with E-state index in [1.807, 2.05) is 92.8 Å². The number of aliphatic hydroxyl groups is 1. The number of fused-ring (bicyclic) bond motifs is 2. The van der Waals surface area contributed by atoms with E-state index in [4.69, 9.17) is 9.47 Å². The van der Waals surface area contributed by atoms with Gasteiger partial charge in [-0.25, -0.2) is 0 Å². The minimum absolute atomic E-state index is 0.0985. The summed E-state index contributed by atoms with van der Waals surface area (Å²) in [6.07, 6.45) is 0.658. The summed E-state index contributed by atoms with van der Waals surface area (Å²) in [7, 11) is -1.29. The highest BCUT2D eigenvalue weighted by atomic mass is 28.4. The Bertz CT molecular complexity index is 1410. The lowest BCUT2D eigenvalue weighted by Gasteiger charge is -2.44. The highest BCUT2D eigenvalue weighted by Gasteiger charge is 2.48. The lowest BCUT2D eigenvalue weighted by Crippen LogP contribution is -2.52. The van der Waals surface area contributed by atoms with E-state index in [0.29, 0.717) is 24.4 Å². The summed E-state index contributed by atoms with van der Waals surface area (Å²) in [4.78, 5) is 40.8. The molecular formula is C33H40N2O6Si. The molecule has 0 fully saturated rings. The van der Waals surface area contributed by atoms with Crippen LogP contribution < -0.4 is 9.64 Å². The number of carbonyl (C=O) groups excluding carboxylic acids is 2. The maximum atomic E-state index is 13.9. The molecule has 2 aliphatic rings. The number of aliphatic hydroxyl groups excluding tert-OH is 1. The number of methoxy groups -OCH3 is 1. The topological polar surface area (TPSA) is 99.5 Å². The molecule has 5 atom stereocenters. The van der Waals surface area contributed by atoms with E-state index >= 15 is 0 Å². The molecule has 0 aromatic heterocycles. The zero-order chi connectivity index (χ0) is 30.0. The molecule has 1 unspecified atom stereocenters. The lowest BCUT2D eigenvalue weighted by atomic mass is 9.86. The van der Waals surface area contributed by atoms with Crippen LogP contribution >= 0.6 is 0 Å². The molecule has 2 heterocycles. The van der Waals surface area contributed by atoms with E-state index in [1.165, 1.54) is 0 Å². The van der Waals surface area contributed by atoms with Gasteiger partial charge in [0.15, 0.2) is 8.32 Å². The Labute approximate surface area is 248 Å². The van der Waals surface area contributed by atoms with Crippen molar-refractivity contribution >= 4 is 32.0 Å². The van der Waals surface area contributed by atoms with Crippen molar-refractivity contribution in [3.05, 3.63) is 89.5 Å². The number of carbonyl (C=O) groups is 2. The smallest absolute Gasteiger partial charge is 0.223 e. The van der Waals surface area contributed by atoms with Gasteiger partial charge in [-0.2, -0.15) is 0 Å². The molecule has 8 nitrogen and oxygen atoms in total. The summed E-state index contributed by atoms with van der Waals surface area (Å²) in [6.45, 7) is 6.02. The molecule has 9 heteroatoms. The monoisotopic (exact) mass is 588 g/mol. The average Bonchev–Trinajstić information content (AvgIpc) is 2.99. The van der Waals surface area contributed by atoms with Crippen molar-refractivity contribution < 1.29 is 29.0 Å². The Morgan fingerprint density at radius 3 is 2.43 bits per heavy atom. The van der Waals surface area contributed by atoms with Crippen LogP contribution in [0, 0.1) is 5.92 Å². The second kappa shape index (κ2) is 12.4. The van der Waals surface area contributed by atoms with Crippen molar-refractivity contribution in [2.75, 3.05) is 18.6 Å². The second-order valence-corrected chi connectivity index (χ2v) is 16.0. The third kappa shape index (κ3) is 5.87. The highest BCUT2D eigenvalue weighted by Crippen LogP contribution is 2.48. The maximum absolute atomic E-state index is 13.9. The Balaban J connectivity index is 1.43. The Morgan fingerprint density at radius 2 is 1.79 bits per heavy atom. The molecule has 5 rings (SSSR count). The number of hydrogen-bond donors (Lipinski definition) is 2. The lowest BCUT2D eigenvalue weighted by molar-refractivity contribution is -0.136. The van der Waals surface area contributed by atoms with Crippen molar-refractivity contribution in [1.82, 2.24) is 4.90 Å². The molecule has 2 N–H and O–H groups in total. The van der Waals surface area contributed by atoms with E-state index in [-0.39, 0.29) is 37.0 Å². The largest absolute Gasteiger partial charge is 0.490 e. The summed E-state index contributed by atoms with van der Waals surface area (Å²) in [5.41, 5.74) is 4.07. The van der Waals surface area contributed by atoms with Crippen LogP contribution in [0.15, 0.2) is 72.8 Å². The van der Waals surface area contributed by atoms with E-state index in [2.05, 4.69) is 0 Å². The quantitative estimate of drug-likeness (QED) is 0.271. The van der Waals surface area contributed by atoms with Crippen LogP contribution in [0.5, 0.6) is 5.75 Å². The average molecular weight is 589 g/mol. The van der Waals surface area contributed by atoms with E-state index in [0.717, 1.165) is 28.8 Å². The van der Waals surface area contributed by atoms with Crippen LogP contribution in [0.1, 0.15) is 36.1 Å². The van der Waals surface area contributed by atoms with Crippen molar-refractivity contribution in [3.63, 3.8) is 0 Å². The summed E-state index contributed by atoms with van der Waals surface area (Å²) in [5.74, 6) is 0.327. The van der Waals surface area contributed by atoms with Crippen LogP contribution in [0.4, 0.5) is 11.4 Å². The highest BCUT2D eigenvalue weighted by molar-refractivity contribution is 6.71. The molecule has 3 aromatic carbocycles. The Morgan fingerprint density at radius 1 is 1.10 bits per heavy atom. The van der Waals surface area contributed by atoms with E-state index < -0.39 is 20.0 Å². The van der Waals surface area contributed by atoms with E-state index in [9.17, 15) is 19.5 Å². The van der Waals surface area contributed by atoms with Gasteiger partial charge in [0.25, 0.3) is 0 Å². The molecule has 42 heavy (non-hydrogen) atoms. The van der Waals surface area contributed by atoms with Crippen molar-refractivity contribution in [3.8, 4) is 5.75 Å². The van der Waals surface area contributed by atoms with Gasteiger partial charge in [0, 0.05) is 48.5 Å². The maximum Gasteiger partial charge on any atom is 0.223 e. The van der Waals surface area contributed by atoms with Crippen molar-refractivity contribution in [2.45, 2.75) is 63.2 Å². The van der Waals surface area contributed by atoms with Crippen LogP contribution in [0.2, 0.25) is 18.6 Å². The molecule has 0 bridgehead atoms. The van der Waals surface area contributed by atoms with Gasteiger partial charge in [-0.05, 0) is 61.0 Å². The van der Waals surface area contributed by atoms with Crippen LogP contribution in [0.25, 0.3) is 0 Å².